The molecule has 1 N–H and O–H groups in total. The summed E-state index contributed by atoms with van der Waals surface area (Å²) in [7, 11) is 1.60. The lowest BCUT2D eigenvalue weighted by Gasteiger charge is -2.28. The van der Waals surface area contributed by atoms with Crippen LogP contribution in [0, 0.1) is 20.8 Å². The largest absolute Gasteiger partial charge is 0.357 e. The molecule has 0 fully saturated rings. The summed E-state index contributed by atoms with van der Waals surface area (Å²) in [5.41, 5.74) is 5.41. The molecule has 138 valence electrons. The molecule has 0 radical (unpaired) electrons. The highest BCUT2D eigenvalue weighted by Gasteiger charge is 2.25. The Morgan fingerprint density at radius 2 is 1.58 bits per heavy atom. The molecule has 2 aromatic carbocycles. The Morgan fingerprint density at radius 1 is 0.962 bits per heavy atom. The number of carbonyl (C=O) groups excluding carboxylic acids is 2. The van der Waals surface area contributed by atoms with Crippen molar-refractivity contribution in [2.45, 2.75) is 46.7 Å². The summed E-state index contributed by atoms with van der Waals surface area (Å²) in [5, 5.41) is 2.65. The molecule has 0 aliphatic heterocycles. The molecule has 1 atom stereocenters. The number of rotatable bonds is 6. The number of benzene rings is 2. The molecule has 0 saturated carbocycles. The van der Waals surface area contributed by atoms with E-state index >= 15 is 0 Å². The van der Waals surface area contributed by atoms with Gasteiger partial charge in [-0.2, -0.15) is 0 Å². The van der Waals surface area contributed by atoms with Crippen LogP contribution in [-0.4, -0.2) is 29.8 Å². The number of likely N-dealkylation sites (N-methyl/N-ethyl adjacent to an activating group) is 1. The molecule has 4 nitrogen and oxygen atoms in total. The summed E-state index contributed by atoms with van der Waals surface area (Å²) in [6.07, 6.45) is 0.287. The standard InChI is InChI=1S/C22H28N2O2/c1-15-7-6-8-19(10-15)14-24(18(4)22(26)23-5)21(25)13-20-11-16(2)9-17(3)12-20/h6-12,18H,13-14H2,1-5H3,(H,23,26)/t18-/m1/s1. The summed E-state index contributed by atoms with van der Waals surface area (Å²) >= 11 is 0. The van der Waals surface area contributed by atoms with Gasteiger partial charge >= 0.3 is 0 Å². The third-order valence-electron chi connectivity index (χ3n) is 4.49. The van der Waals surface area contributed by atoms with Gasteiger partial charge in [0.05, 0.1) is 6.42 Å². The van der Waals surface area contributed by atoms with Gasteiger partial charge in [-0.15, -0.1) is 0 Å². The van der Waals surface area contributed by atoms with E-state index in [-0.39, 0.29) is 18.2 Å². The van der Waals surface area contributed by atoms with Crippen molar-refractivity contribution in [2.75, 3.05) is 7.05 Å². The molecule has 2 aromatic rings. The maximum Gasteiger partial charge on any atom is 0.242 e. The van der Waals surface area contributed by atoms with Crippen molar-refractivity contribution in [1.82, 2.24) is 10.2 Å². The number of hydrogen-bond donors (Lipinski definition) is 1. The molecule has 0 aliphatic carbocycles. The Hall–Kier alpha value is -2.62. The van der Waals surface area contributed by atoms with Gasteiger partial charge < -0.3 is 10.2 Å². The fourth-order valence-electron chi connectivity index (χ4n) is 3.25. The number of nitrogens with one attached hydrogen (secondary N) is 1. The molecule has 0 aromatic heterocycles. The first-order valence-electron chi connectivity index (χ1n) is 8.94. The van der Waals surface area contributed by atoms with Gasteiger partial charge in [-0.1, -0.05) is 59.2 Å². The van der Waals surface area contributed by atoms with Crippen molar-refractivity contribution in [1.29, 1.82) is 0 Å². The molecule has 0 unspecified atom stereocenters. The van der Waals surface area contributed by atoms with E-state index < -0.39 is 6.04 Å². The van der Waals surface area contributed by atoms with Gasteiger partial charge in [-0.25, -0.2) is 0 Å². The van der Waals surface area contributed by atoms with Gasteiger partial charge in [0.25, 0.3) is 0 Å². The van der Waals surface area contributed by atoms with Gasteiger partial charge in [0, 0.05) is 13.6 Å². The fourth-order valence-corrected chi connectivity index (χ4v) is 3.25. The van der Waals surface area contributed by atoms with Crippen LogP contribution in [0.1, 0.15) is 34.7 Å². The molecule has 0 saturated heterocycles. The van der Waals surface area contributed by atoms with Gasteiger partial charge in [-0.05, 0) is 38.8 Å². The van der Waals surface area contributed by atoms with Crippen molar-refractivity contribution in [3.63, 3.8) is 0 Å². The SMILES string of the molecule is CNC(=O)[C@@H](C)N(Cc1cccc(C)c1)C(=O)Cc1cc(C)cc(C)c1. The minimum Gasteiger partial charge on any atom is -0.357 e. The lowest BCUT2D eigenvalue weighted by molar-refractivity contribution is -0.139. The lowest BCUT2D eigenvalue weighted by atomic mass is 10.0. The summed E-state index contributed by atoms with van der Waals surface area (Å²) in [4.78, 5) is 26.9. The second-order valence-electron chi connectivity index (χ2n) is 6.97. The van der Waals surface area contributed by atoms with Crippen LogP contribution in [0.5, 0.6) is 0 Å². The minimum atomic E-state index is -0.529. The molecule has 4 heteroatoms. The van der Waals surface area contributed by atoms with Gasteiger partial charge in [0.15, 0.2) is 0 Å². The fraction of sp³-hybridized carbons (Fsp3) is 0.364. The predicted octanol–water partition coefficient (Wildman–Crippen LogP) is 3.32. The topological polar surface area (TPSA) is 49.4 Å². The number of aryl methyl sites for hydroxylation is 3. The van der Waals surface area contributed by atoms with Crippen molar-refractivity contribution in [3.05, 3.63) is 70.3 Å². The zero-order valence-corrected chi connectivity index (χ0v) is 16.3. The van der Waals surface area contributed by atoms with Crippen molar-refractivity contribution in [2.24, 2.45) is 0 Å². The molecule has 0 bridgehead atoms. The van der Waals surface area contributed by atoms with Gasteiger partial charge in [-0.3, -0.25) is 9.59 Å². The van der Waals surface area contributed by atoms with Crippen LogP contribution >= 0.6 is 0 Å². The minimum absolute atomic E-state index is 0.0485. The Balaban J connectivity index is 2.26. The maximum absolute atomic E-state index is 13.0. The Kier molecular flexibility index (Phi) is 6.56. The second-order valence-corrected chi connectivity index (χ2v) is 6.97. The Labute approximate surface area is 156 Å². The number of nitrogens with zero attached hydrogens (tertiary/aromatic N) is 1. The average molecular weight is 352 g/mol. The van der Waals surface area contributed by atoms with Crippen molar-refractivity contribution < 1.29 is 9.59 Å². The highest BCUT2D eigenvalue weighted by molar-refractivity contribution is 5.88. The van der Waals surface area contributed by atoms with Crippen LogP contribution in [0.4, 0.5) is 0 Å². The predicted molar refractivity (Wildman–Crippen MR) is 105 cm³/mol. The molecular weight excluding hydrogens is 324 g/mol. The van der Waals surface area contributed by atoms with Crippen LogP contribution in [0.25, 0.3) is 0 Å². The van der Waals surface area contributed by atoms with E-state index in [1.165, 1.54) is 0 Å². The zero-order valence-electron chi connectivity index (χ0n) is 16.3. The molecule has 2 rings (SSSR count). The third-order valence-corrected chi connectivity index (χ3v) is 4.49. The summed E-state index contributed by atoms with van der Waals surface area (Å²) in [5.74, 6) is -0.209. The molecule has 0 aliphatic rings. The summed E-state index contributed by atoms with van der Waals surface area (Å²) in [6, 6.07) is 13.6. The Morgan fingerprint density at radius 3 is 2.15 bits per heavy atom. The third kappa shape index (κ3) is 5.19. The Bertz CT molecular complexity index is 778. The van der Waals surface area contributed by atoms with E-state index in [1.807, 2.05) is 57.2 Å². The first-order valence-corrected chi connectivity index (χ1v) is 8.94. The number of carbonyl (C=O) groups is 2. The quantitative estimate of drug-likeness (QED) is 0.867. The van der Waals surface area contributed by atoms with Gasteiger partial charge in [0.1, 0.15) is 6.04 Å². The van der Waals surface area contributed by atoms with Gasteiger partial charge in [0.2, 0.25) is 11.8 Å². The maximum atomic E-state index is 13.0. The van der Waals surface area contributed by atoms with Crippen LogP contribution < -0.4 is 5.32 Å². The number of hydrogen-bond acceptors (Lipinski definition) is 2. The van der Waals surface area contributed by atoms with E-state index in [4.69, 9.17) is 0 Å². The second kappa shape index (κ2) is 8.65. The molecule has 2 amide bonds. The van der Waals surface area contributed by atoms with Crippen LogP contribution in [0.3, 0.4) is 0 Å². The van der Waals surface area contributed by atoms with Crippen LogP contribution in [-0.2, 0) is 22.6 Å². The normalized spacial score (nSPS) is 11.7. The number of amides is 2. The molecule has 0 spiro atoms. The van der Waals surface area contributed by atoms with Crippen molar-refractivity contribution in [3.8, 4) is 0 Å². The van der Waals surface area contributed by atoms with Crippen LogP contribution in [0.2, 0.25) is 0 Å². The molecule has 0 heterocycles. The lowest BCUT2D eigenvalue weighted by Crippen LogP contribution is -2.47. The van der Waals surface area contributed by atoms with E-state index in [1.54, 1.807) is 18.9 Å². The van der Waals surface area contributed by atoms with E-state index in [0.717, 1.165) is 27.8 Å². The summed E-state index contributed by atoms with van der Waals surface area (Å²) < 4.78 is 0. The smallest absolute Gasteiger partial charge is 0.242 e. The van der Waals surface area contributed by atoms with E-state index in [2.05, 4.69) is 11.4 Å². The van der Waals surface area contributed by atoms with E-state index in [9.17, 15) is 9.59 Å². The summed E-state index contributed by atoms with van der Waals surface area (Å²) in [6.45, 7) is 8.26. The first-order chi connectivity index (χ1) is 12.3. The highest BCUT2D eigenvalue weighted by atomic mass is 16.2. The monoisotopic (exact) mass is 352 g/mol. The molecule has 26 heavy (non-hydrogen) atoms. The average Bonchev–Trinajstić information content (AvgIpc) is 2.57. The van der Waals surface area contributed by atoms with E-state index in [0.29, 0.717) is 6.54 Å². The first kappa shape index (κ1) is 19.7. The molecular formula is C22H28N2O2. The highest BCUT2D eigenvalue weighted by Crippen LogP contribution is 2.15. The zero-order chi connectivity index (χ0) is 19.3. The van der Waals surface area contributed by atoms with Crippen LogP contribution in [0.15, 0.2) is 42.5 Å². The van der Waals surface area contributed by atoms with Crippen molar-refractivity contribution >= 4 is 11.8 Å².